The van der Waals surface area contributed by atoms with Crippen molar-refractivity contribution in [2.75, 3.05) is 12.5 Å². The predicted molar refractivity (Wildman–Crippen MR) is 61.1 cm³/mol. The van der Waals surface area contributed by atoms with Gasteiger partial charge >= 0.3 is 0 Å². The van der Waals surface area contributed by atoms with E-state index < -0.39 is 6.10 Å². The minimum Gasteiger partial charge on any atom is -0.481 e. The minimum absolute atomic E-state index is 0.216. The number of alkyl halides is 1. The molecule has 0 unspecified atom stereocenters. The molecule has 1 atom stereocenters. The third-order valence-electron chi connectivity index (χ3n) is 1.70. The molecule has 0 aromatic heterocycles. The van der Waals surface area contributed by atoms with E-state index in [4.69, 9.17) is 21.4 Å². The number of para-hydroxylation sites is 1. The lowest BCUT2D eigenvalue weighted by atomic mass is 10.3. The Hall–Kier alpha value is -1.17. The van der Waals surface area contributed by atoms with E-state index in [1.807, 2.05) is 30.3 Å². The monoisotopic (exact) mass is 224 g/mol. The van der Waals surface area contributed by atoms with Crippen LogP contribution in [0.1, 0.15) is 6.42 Å². The molecule has 3 heteroatoms. The summed E-state index contributed by atoms with van der Waals surface area (Å²) in [6, 6.07) is 9.47. The van der Waals surface area contributed by atoms with Crippen LogP contribution in [0.4, 0.5) is 0 Å². The zero-order chi connectivity index (χ0) is 10.9. The van der Waals surface area contributed by atoms with Crippen LogP contribution in [0.3, 0.4) is 0 Å². The van der Waals surface area contributed by atoms with Gasteiger partial charge < -0.3 is 9.84 Å². The highest BCUT2D eigenvalue weighted by molar-refractivity contribution is 6.18. The van der Waals surface area contributed by atoms with Crippen LogP contribution in [0.2, 0.25) is 0 Å². The van der Waals surface area contributed by atoms with Gasteiger partial charge in [0.25, 0.3) is 0 Å². The highest BCUT2D eigenvalue weighted by Gasteiger charge is 1.96. The van der Waals surface area contributed by atoms with Crippen LogP contribution in [0.15, 0.2) is 30.3 Å². The SMILES string of the molecule is O[C@@H](CCl)CC#CCOc1ccccc1. The minimum atomic E-state index is -0.545. The molecule has 0 aliphatic rings. The summed E-state index contributed by atoms with van der Waals surface area (Å²) >= 11 is 5.41. The van der Waals surface area contributed by atoms with Crippen LogP contribution in [-0.4, -0.2) is 23.7 Å². The molecule has 1 aromatic carbocycles. The van der Waals surface area contributed by atoms with Crippen LogP contribution < -0.4 is 4.74 Å². The summed E-state index contributed by atoms with van der Waals surface area (Å²) in [7, 11) is 0. The number of aliphatic hydroxyl groups is 1. The van der Waals surface area contributed by atoms with E-state index in [9.17, 15) is 0 Å². The Labute approximate surface area is 94.8 Å². The van der Waals surface area contributed by atoms with E-state index in [2.05, 4.69) is 11.8 Å². The number of ether oxygens (including phenoxy) is 1. The molecular formula is C12H13ClO2. The van der Waals surface area contributed by atoms with Gasteiger partial charge in [-0.3, -0.25) is 0 Å². The van der Waals surface area contributed by atoms with Gasteiger partial charge in [-0.15, -0.1) is 11.6 Å². The molecule has 0 saturated carbocycles. The van der Waals surface area contributed by atoms with Gasteiger partial charge in [-0.05, 0) is 12.1 Å². The summed E-state index contributed by atoms with van der Waals surface area (Å²) in [6.45, 7) is 0.332. The molecule has 2 nitrogen and oxygen atoms in total. The van der Waals surface area contributed by atoms with Crippen molar-refractivity contribution >= 4 is 11.6 Å². The van der Waals surface area contributed by atoms with Crippen molar-refractivity contribution < 1.29 is 9.84 Å². The molecule has 15 heavy (non-hydrogen) atoms. The van der Waals surface area contributed by atoms with Gasteiger partial charge in [0.05, 0.1) is 6.10 Å². The second-order valence-corrected chi connectivity index (χ2v) is 3.28. The van der Waals surface area contributed by atoms with Gasteiger partial charge in [-0.1, -0.05) is 30.0 Å². The van der Waals surface area contributed by atoms with Crippen molar-refractivity contribution in [2.24, 2.45) is 0 Å². The molecule has 0 amide bonds. The van der Waals surface area contributed by atoms with E-state index in [0.717, 1.165) is 5.75 Å². The third-order valence-corrected chi connectivity index (χ3v) is 2.05. The van der Waals surface area contributed by atoms with Gasteiger partial charge in [0, 0.05) is 12.3 Å². The molecular weight excluding hydrogens is 212 g/mol. The summed E-state index contributed by atoms with van der Waals surface area (Å²) in [4.78, 5) is 0. The van der Waals surface area contributed by atoms with Gasteiger partial charge in [0.1, 0.15) is 12.4 Å². The maximum atomic E-state index is 9.10. The molecule has 80 valence electrons. The van der Waals surface area contributed by atoms with E-state index in [-0.39, 0.29) is 5.88 Å². The fourth-order valence-corrected chi connectivity index (χ4v) is 1.04. The highest BCUT2D eigenvalue weighted by atomic mass is 35.5. The molecule has 0 aliphatic heterocycles. The fraction of sp³-hybridized carbons (Fsp3) is 0.333. The van der Waals surface area contributed by atoms with E-state index in [1.54, 1.807) is 0 Å². The number of rotatable bonds is 4. The maximum Gasteiger partial charge on any atom is 0.149 e. The van der Waals surface area contributed by atoms with E-state index in [1.165, 1.54) is 0 Å². The lowest BCUT2D eigenvalue weighted by Crippen LogP contribution is -2.06. The van der Waals surface area contributed by atoms with E-state index >= 15 is 0 Å². The quantitative estimate of drug-likeness (QED) is 0.627. The summed E-state index contributed by atoms with van der Waals surface area (Å²) in [5, 5.41) is 9.10. The summed E-state index contributed by atoms with van der Waals surface area (Å²) in [6.07, 6.45) is -0.155. The summed E-state index contributed by atoms with van der Waals surface area (Å²) in [5.41, 5.74) is 0. The van der Waals surface area contributed by atoms with Crippen LogP contribution in [0.5, 0.6) is 5.75 Å². The zero-order valence-corrected chi connectivity index (χ0v) is 9.07. The molecule has 0 aliphatic carbocycles. The van der Waals surface area contributed by atoms with Crippen molar-refractivity contribution in [3.63, 3.8) is 0 Å². The standard InChI is InChI=1S/C12H13ClO2/c13-10-11(14)6-4-5-9-15-12-7-2-1-3-8-12/h1-3,7-8,11,14H,6,9-10H2/t11-/m1/s1. The van der Waals surface area contributed by atoms with Crippen LogP contribution in [-0.2, 0) is 0 Å². The largest absolute Gasteiger partial charge is 0.481 e. The number of hydrogen-bond acceptors (Lipinski definition) is 2. The Morgan fingerprint density at radius 1 is 1.27 bits per heavy atom. The number of halogens is 1. The molecule has 0 spiro atoms. The first kappa shape index (κ1) is 11.9. The van der Waals surface area contributed by atoms with Gasteiger partial charge in [-0.2, -0.15) is 0 Å². The maximum absolute atomic E-state index is 9.10. The molecule has 0 heterocycles. The first-order valence-electron chi connectivity index (χ1n) is 4.70. The first-order valence-corrected chi connectivity index (χ1v) is 5.24. The van der Waals surface area contributed by atoms with Crippen molar-refractivity contribution in [3.8, 4) is 17.6 Å². The topological polar surface area (TPSA) is 29.5 Å². The van der Waals surface area contributed by atoms with Crippen LogP contribution in [0.25, 0.3) is 0 Å². The first-order chi connectivity index (χ1) is 7.33. The zero-order valence-electron chi connectivity index (χ0n) is 8.32. The third kappa shape index (κ3) is 5.31. The molecule has 0 fully saturated rings. The lowest BCUT2D eigenvalue weighted by Gasteiger charge is -2.00. The number of aliphatic hydroxyl groups excluding tert-OH is 1. The smallest absolute Gasteiger partial charge is 0.149 e. The number of hydrogen-bond donors (Lipinski definition) is 1. The summed E-state index contributed by atoms with van der Waals surface area (Å²) in [5.74, 6) is 6.62. The number of benzene rings is 1. The van der Waals surface area contributed by atoms with Crippen molar-refractivity contribution in [1.29, 1.82) is 0 Å². The Morgan fingerprint density at radius 2 is 2.00 bits per heavy atom. The Bertz CT molecular complexity index is 326. The van der Waals surface area contributed by atoms with Crippen molar-refractivity contribution in [2.45, 2.75) is 12.5 Å². The summed E-state index contributed by atoms with van der Waals surface area (Å²) < 4.78 is 5.33. The molecule has 1 rings (SSSR count). The Kier molecular flexibility index (Phi) is 5.69. The van der Waals surface area contributed by atoms with Crippen LogP contribution in [0, 0.1) is 11.8 Å². The van der Waals surface area contributed by atoms with Gasteiger partial charge in [0.2, 0.25) is 0 Å². The Balaban J connectivity index is 2.21. The highest BCUT2D eigenvalue weighted by Crippen LogP contribution is 2.07. The predicted octanol–water partition coefficient (Wildman–Crippen LogP) is 2.06. The second kappa shape index (κ2) is 7.17. The molecule has 0 radical (unpaired) electrons. The Morgan fingerprint density at radius 3 is 2.67 bits per heavy atom. The average molecular weight is 225 g/mol. The van der Waals surface area contributed by atoms with E-state index in [0.29, 0.717) is 13.0 Å². The van der Waals surface area contributed by atoms with Crippen molar-refractivity contribution in [3.05, 3.63) is 30.3 Å². The average Bonchev–Trinajstić information content (AvgIpc) is 2.29. The lowest BCUT2D eigenvalue weighted by molar-refractivity contribution is 0.204. The van der Waals surface area contributed by atoms with Crippen molar-refractivity contribution in [1.82, 2.24) is 0 Å². The normalized spacial score (nSPS) is 11.3. The molecule has 1 N–H and O–H groups in total. The molecule has 0 saturated heterocycles. The fourth-order valence-electron chi connectivity index (χ4n) is 0.932. The van der Waals surface area contributed by atoms with Gasteiger partial charge in [0.15, 0.2) is 0 Å². The van der Waals surface area contributed by atoms with Gasteiger partial charge in [-0.25, -0.2) is 0 Å². The molecule has 1 aromatic rings. The second-order valence-electron chi connectivity index (χ2n) is 2.97. The van der Waals surface area contributed by atoms with Crippen LogP contribution >= 0.6 is 11.6 Å². The molecule has 0 bridgehead atoms.